The summed E-state index contributed by atoms with van der Waals surface area (Å²) in [5.41, 5.74) is 0.572. The minimum absolute atomic E-state index is 0.0342. The average Bonchev–Trinajstić information content (AvgIpc) is 2.16. The second-order valence-electron chi connectivity index (χ2n) is 4.93. The van der Waals surface area contributed by atoms with Crippen LogP contribution >= 0.6 is 11.6 Å². The maximum atomic E-state index is 11.9. The van der Waals surface area contributed by atoms with Crippen molar-refractivity contribution in [1.82, 2.24) is 10.3 Å². The highest BCUT2D eigenvalue weighted by Gasteiger charge is 2.22. The molecule has 4 heteroatoms. The highest BCUT2D eigenvalue weighted by Crippen LogP contribution is 2.19. The van der Waals surface area contributed by atoms with E-state index in [9.17, 15) is 4.79 Å². The van der Waals surface area contributed by atoms with E-state index >= 15 is 0 Å². The molecule has 3 nitrogen and oxygen atoms in total. The first-order valence-electron chi connectivity index (χ1n) is 5.23. The van der Waals surface area contributed by atoms with Crippen molar-refractivity contribution in [3.8, 4) is 0 Å². The third-order valence-corrected chi connectivity index (χ3v) is 2.84. The molecule has 0 aliphatic heterocycles. The van der Waals surface area contributed by atoms with Gasteiger partial charge in [0.25, 0.3) is 5.91 Å². The average molecular weight is 241 g/mol. The summed E-state index contributed by atoms with van der Waals surface area (Å²) in [5, 5.41) is 3.27. The smallest absolute Gasteiger partial charge is 0.251 e. The summed E-state index contributed by atoms with van der Waals surface area (Å²) in [5.74, 6) is -0.119. The number of nitrogens with zero attached hydrogens (tertiary/aromatic N) is 1. The molecule has 1 aromatic heterocycles. The lowest BCUT2D eigenvalue weighted by atomic mass is 9.88. The Hall–Kier alpha value is -1.09. The van der Waals surface area contributed by atoms with Gasteiger partial charge in [0.1, 0.15) is 5.15 Å². The lowest BCUT2D eigenvalue weighted by molar-refractivity contribution is 0.0910. The van der Waals surface area contributed by atoms with Crippen LogP contribution in [0, 0.1) is 5.41 Å². The van der Waals surface area contributed by atoms with Crippen molar-refractivity contribution >= 4 is 17.5 Å². The maximum Gasteiger partial charge on any atom is 0.251 e. The van der Waals surface area contributed by atoms with Crippen LogP contribution in [0.15, 0.2) is 18.3 Å². The Kier molecular flexibility index (Phi) is 3.92. The molecule has 88 valence electrons. The van der Waals surface area contributed by atoms with Gasteiger partial charge in [0.15, 0.2) is 0 Å². The molecule has 1 heterocycles. The van der Waals surface area contributed by atoms with E-state index in [-0.39, 0.29) is 17.4 Å². The van der Waals surface area contributed by atoms with Gasteiger partial charge in [-0.3, -0.25) is 4.79 Å². The Bertz CT molecular complexity index is 385. The number of aromatic nitrogens is 1. The predicted octanol–water partition coefficient (Wildman–Crippen LogP) is 2.90. The van der Waals surface area contributed by atoms with Gasteiger partial charge in [0.2, 0.25) is 0 Å². The fourth-order valence-corrected chi connectivity index (χ4v) is 1.21. The van der Waals surface area contributed by atoms with E-state index in [0.29, 0.717) is 10.7 Å². The molecule has 0 radical (unpaired) electrons. The molecule has 0 saturated carbocycles. The van der Waals surface area contributed by atoms with Crippen molar-refractivity contribution in [2.45, 2.75) is 33.7 Å². The van der Waals surface area contributed by atoms with Crippen molar-refractivity contribution in [3.63, 3.8) is 0 Å². The number of hydrogen-bond acceptors (Lipinski definition) is 2. The van der Waals surface area contributed by atoms with Crippen LogP contribution in [0.3, 0.4) is 0 Å². The zero-order valence-electron chi connectivity index (χ0n) is 10.0. The Balaban J connectivity index is 2.74. The van der Waals surface area contributed by atoms with Crippen molar-refractivity contribution in [2.24, 2.45) is 5.41 Å². The van der Waals surface area contributed by atoms with Gasteiger partial charge in [-0.1, -0.05) is 32.4 Å². The van der Waals surface area contributed by atoms with Gasteiger partial charge in [0, 0.05) is 17.8 Å². The van der Waals surface area contributed by atoms with Crippen LogP contribution in [0.5, 0.6) is 0 Å². The zero-order chi connectivity index (χ0) is 12.3. The molecule has 0 spiro atoms. The van der Waals surface area contributed by atoms with Crippen LogP contribution in [0.2, 0.25) is 5.15 Å². The van der Waals surface area contributed by atoms with E-state index < -0.39 is 0 Å². The quantitative estimate of drug-likeness (QED) is 0.808. The van der Waals surface area contributed by atoms with Gasteiger partial charge in [-0.2, -0.15) is 0 Å². The van der Waals surface area contributed by atoms with E-state index in [1.807, 2.05) is 6.92 Å². The second-order valence-corrected chi connectivity index (χ2v) is 5.32. The Morgan fingerprint density at radius 2 is 2.12 bits per heavy atom. The van der Waals surface area contributed by atoms with E-state index in [1.165, 1.54) is 6.20 Å². The number of halogens is 1. The molecule has 16 heavy (non-hydrogen) atoms. The van der Waals surface area contributed by atoms with Gasteiger partial charge >= 0.3 is 0 Å². The molecule has 0 fully saturated rings. The van der Waals surface area contributed by atoms with Crippen LogP contribution in [-0.4, -0.2) is 16.9 Å². The molecule has 1 rings (SSSR count). The van der Waals surface area contributed by atoms with Crippen molar-refractivity contribution in [2.75, 3.05) is 0 Å². The number of pyridine rings is 1. The monoisotopic (exact) mass is 240 g/mol. The molecular formula is C12H17ClN2O. The zero-order valence-corrected chi connectivity index (χ0v) is 10.8. The fourth-order valence-electron chi connectivity index (χ4n) is 1.04. The topological polar surface area (TPSA) is 42.0 Å². The minimum atomic E-state index is -0.119. The van der Waals surface area contributed by atoms with Crippen LogP contribution in [0.1, 0.15) is 38.1 Å². The lowest BCUT2D eigenvalue weighted by Crippen LogP contribution is -2.41. The van der Waals surface area contributed by atoms with E-state index in [4.69, 9.17) is 11.6 Å². The molecular weight excluding hydrogens is 224 g/mol. The van der Waals surface area contributed by atoms with E-state index in [0.717, 1.165) is 0 Å². The normalized spacial score (nSPS) is 13.3. The SMILES string of the molecule is C[C@H](NC(=O)c1ccnc(Cl)c1)C(C)(C)C. The van der Waals surface area contributed by atoms with Crippen LogP contribution in [-0.2, 0) is 0 Å². The molecule has 0 aliphatic rings. The van der Waals surface area contributed by atoms with Gasteiger partial charge in [-0.05, 0) is 24.5 Å². The van der Waals surface area contributed by atoms with Crippen molar-refractivity contribution in [1.29, 1.82) is 0 Å². The molecule has 0 aliphatic carbocycles. The Labute approximate surface area is 101 Å². The molecule has 0 bridgehead atoms. The van der Waals surface area contributed by atoms with Crippen molar-refractivity contribution in [3.05, 3.63) is 29.0 Å². The molecule has 1 atom stereocenters. The number of nitrogens with one attached hydrogen (secondary N) is 1. The number of carbonyl (C=O) groups is 1. The lowest BCUT2D eigenvalue weighted by Gasteiger charge is -2.28. The minimum Gasteiger partial charge on any atom is -0.349 e. The summed E-state index contributed by atoms with van der Waals surface area (Å²) in [4.78, 5) is 15.7. The summed E-state index contributed by atoms with van der Waals surface area (Å²) in [6.45, 7) is 8.23. The van der Waals surface area contributed by atoms with Gasteiger partial charge in [-0.25, -0.2) is 4.98 Å². The second kappa shape index (κ2) is 4.83. The number of hydrogen-bond donors (Lipinski definition) is 1. The van der Waals surface area contributed by atoms with Crippen LogP contribution < -0.4 is 5.32 Å². The van der Waals surface area contributed by atoms with Crippen LogP contribution in [0.25, 0.3) is 0 Å². The number of amides is 1. The summed E-state index contributed by atoms with van der Waals surface area (Å²) in [6.07, 6.45) is 1.53. The molecule has 1 N–H and O–H groups in total. The Morgan fingerprint density at radius 3 is 2.62 bits per heavy atom. The highest BCUT2D eigenvalue weighted by atomic mass is 35.5. The predicted molar refractivity (Wildman–Crippen MR) is 65.6 cm³/mol. The third-order valence-electron chi connectivity index (χ3n) is 2.64. The van der Waals surface area contributed by atoms with Gasteiger partial charge in [-0.15, -0.1) is 0 Å². The fraction of sp³-hybridized carbons (Fsp3) is 0.500. The van der Waals surface area contributed by atoms with E-state index in [2.05, 4.69) is 31.1 Å². The first-order valence-corrected chi connectivity index (χ1v) is 5.61. The van der Waals surface area contributed by atoms with Crippen molar-refractivity contribution < 1.29 is 4.79 Å². The number of carbonyl (C=O) groups excluding carboxylic acids is 1. The molecule has 0 saturated heterocycles. The molecule has 1 aromatic rings. The summed E-state index contributed by atoms with van der Waals surface area (Å²) >= 11 is 5.72. The molecule has 1 amide bonds. The first kappa shape index (κ1) is 13.0. The standard InChI is InChI=1S/C12H17ClN2O/c1-8(12(2,3)4)15-11(16)9-5-6-14-10(13)7-9/h5-8H,1-4H3,(H,15,16)/t8-/m0/s1. The molecule has 0 aromatic carbocycles. The first-order chi connectivity index (χ1) is 7.30. The van der Waals surface area contributed by atoms with Gasteiger partial charge < -0.3 is 5.32 Å². The highest BCUT2D eigenvalue weighted by molar-refractivity contribution is 6.29. The summed E-state index contributed by atoms with van der Waals surface area (Å²) in [6, 6.07) is 3.30. The largest absolute Gasteiger partial charge is 0.349 e. The Morgan fingerprint density at radius 1 is 1.50 bits per heavy atom. The van der Waals surface area contributed by atoms with Crippen LogP contribution in [0.4, 0.5) is 0 Å². The summed E-state index contributed by atoms with van der Waals surface area (Å²) < 4.78 is 0. The maximum absolute atomic E-state index is 11.9. The van der Waals surface area contributed by atoms with Gasteiger partial charge in [0.05, 0.1) is 0 Å². The third kappa shape index (κ3) is 3.49. The van der Waals surface area contributed by atoms with E-state index in [1.54, 1.807) is 12.1 Å². The number of rotatable bonds is 2. The molecule has 0 unspecified atom stereocenters. The summed E-state index contributed by atoms with van der Waals surface area (Å²) in [7, 11) is 0.